The average molecular weight is 414 g/mol. The van der Waals surface area contributed by atoms with Gasteiger partial charge in [-0.1, -0.05) is 56.7 Å². The molecule has 0 saturated heterocycles. The van der Waals surface area contributed by atoms with Crippen molar-refractivity contribution in [3.8, 4) is 0 Å². The highest BCUT2D eigenvalue weighted by Gasteiger charge is 2.36. The molecule has 1 fully saturated rings. The van der Waals surface area contributed by atoms with Crippen LogP contribution in [0.25, 0.3) is 0 Å². The van der Waals surface area contributed by atoms with Gasteiger partial charge in [-0.25, -0.2) is 0 Å². The first-order chi connectivity index (χ1) is 12.9. The van der Waals surface area contributed by atoms with Crippen LogP contribution in [0.15, 0.2) is 29.2 Å². The SMILES string of the molecule is CCCCCC(=O)C[S+](CC1CCCCC1)OS(=O)(=O)c1ccc(C)cc1. The number of benzene rings is 1. The van der Waals surface area contributed by atoms with Crippen molar-refractivity contribution >= 4 is 27.1 Å². The fraction of sp³-hybridized carbons (Fsp3) is 0.667. The molecule has 0 bridgehead atoms. The lowest BCUT2D eigenvalue weighted by Gasteiger charge is -2.20. The molecule has 152 valence electrons. The molecule has 0 spiro atoms. The maximum Gasteiger partial charge on any atom is 0.339 e. The fourth-order valence-corrected chi connectivity index (χ4v) is 7.11. The fourth-order valence-electron chi connectivity index (χ4n) is 3.42. The van der Waals surface area contributed by atoms with Gasteiger partial charge in [0.25, 0.3) is 0 Å². The van der Waals surface area contributed by atoms with Gasteiger partial charge in [-0.15, -0.1) is 0 Å². The summed E-state index contributed by atoms with van der Waals surface area (Å²) in [5.41, 5.74) is 1.00. The zero-order valence-corrected chi connectivity index (χ0v) is 18.2. The van der Waals surface area contributed by atoms with Crippen molar-refractivity contribution in [1.82, 2.24) is 0 Å². The van der Waals surface area contributed by atoms with Crippen LogP contribution in [0.4, 0.5) is 0 Å². The van der Waals surface area contributed by atoms with E-state index in [4.69, 9.17) is 3.63 Å². The minimum absolute atomic E-state index is 0.127. The van der Waals surface area contributed by atoms with Crippen LogP contribution in [0.2, 0.25) is 0 Å². The molecule has 1 saturated carbocycles. The molecule has 0 amide bonds. The third kappa shape index (κ3) is 7.96. The number of ketones is 1. The molecule has 1 aliphatic rings. The Hall–Kier alpha value is -0.850. The van der Waals surface area contributed by atoms with Gasteiger partial charge >= 0.3 is 10.1 Å². The van der Waals surface area contributed by atoms with Gasteiger partial charge in [0.2, 0.25) is 5.75 Å². The number of carbonyl (C=O) groups excluding carboxylic acids is 1. The van der Waals surface area contributed by atoms with Crippen LogP contribution in [-0.4, -0.2) is 25.7 Å². The highest BCUT2D eigenvalue weighted by molar-refractivity contribution is 8.03. The summed E-state index contributed by atoms with van der Waals surface area (Å²) < 4.78 is 31.0. The van der Waals surface area contributed by atoms with Crippen molar-refractivity contribution in [1.29, 1.82) is 0 Å². The summed E-state index contributed by atoms with van der Waals surface area (Å²) in [6.45, 7) is 4.02. The number of aryl methyl sites for hydroxylation is 1. The Labute approximate surface area is 167 Å². The van der Waals surface area contributed by atoms with E-state index in [0.29, 0.717) is 18.1 Å². The van der Waals surface area contributed by atoms with Crippen molar-refractivity contribution < 1.29 is 16.8 Å². The Bertz CT molecular complexity index is 677. The molecule has 1 aromatic carbocycles. The van der Waals surface area contributed by atoms with Crippen LogP contribution in [0.1, 0.15) is 70.3 Å². The number of carbonyl (C=O) groups is 1. The summed E-state index contributed by atoms with van der Waals surface area (Å²) in [5.74, 6) is 1.51. The number of unbranched alkanes of at least 4 members (excludes halogenated alkanes) is 2. The van der Waals surface area contributed by atoms with Gasteiger partial charge in [0.1, 0.15) is 5.75 Å². The molecule has 1 atom stereocenters. The van der Waals surface area contributed by atoms with E-state index in [0.717, 1.165) is 37.7 Å². The van der Waals surface area contributed by atoms with Crippen molar-refractivity contribution in [2.24, 2.45) is 5.92 Å². The quantitative estimate of drug-likeness (QED) is 0.380. The maximum absolute atomic E-state index is 12.7. The molecular formula is C21H33O4S2+. The minimum Gasteiger partial charge on any atom is -0.294 e. The normalized spacial score (nSPS) is 17.0. The van der Waals surface area contributed by atoms with Crippen molar-refractivity contribution in [2.75, 3.05) is 11.5 Å². The summed E-state index contributed by atoms with van der Waals surface area (Å²) in [5, 5.41) is 0. The van der Waals surface area contributed by atoms with Crippen molar-refractivity contribution in [3.63, 3.8) is 0 Å². The molecule has 1 unspecified atom stereocenters. The Morgan fingerprint density at radius 3 is 2.41 bits per heavy atom. The molecule has 0 aromatic heterocycles. The zero-order valence-electron chi connectivity index (χ0n) is 16.6. The van der Waals surface area contributed by atoms with Gasteiger partial charge in [0.05, 0.1) is 4.90 Å². The standard InChI is InChI=1S/C21H33O4S2/c1-3-4-6-11-20(22)17-26(16-19-9-7-5-8-10-19)25-27(23,24)21-14-12-18(2)13-15-21/h12-15,19H,3-11,16-17H2,1-2H3/q+1. The van der Waals surface area contributed by atoms with Crippen LogP contribution in [-0.2, 0) is 29.7 Å². The van der Waals surface area contributed by atoms with Crippen LogP contribution in [0, 0.1) is 12.8 Å². The Morgan fingerprint density at radius 1 is 1.11 bits per heavy atom. The lowest BCUT2D eigenvalue weighted by molar-refractivity contribution is -0.116. The summed E-state index contributed by atoms with van der Waals surface area (Å²) in [6, 6.07) is 6.70. The van der Waals surface area contributed by atoms with Crippen LogP contribution >= 0.6 is 0 Å². The maximum atomic E-state index is 12.7. The largest absolute Gasteiger partial charge is 0.339 e. The predicted molar refractivity (Wildman–Crippen MR) is 112 cm³/mol. The highest BCUT2D eigenvalue weighted by atomic mass is 32.3. The van der Waals surface area contributed by atoms with E-state index in [1.807, 2.05) is 6.92 Å². The second-order valence-corrected chi connectivity index (χ2v) is 11.0. The third-order valence-electron chi connectivity index (χ3n) is 5.02. The molecule has 0 heterocycles. The first kappa shape index (κ1) is 22.4. The van der Waals surface area contributed by atoms with E-state index in [2.05, 4.69) is 6.92 Å². The Balaban J connectivity index is 2.05. The van der Waals surface area contributed by atoms with E-state index in [1.54, 1.807) is 24.3 Å². The van der Waals surface area contributed by atoms with E-state index < -0.39 is 21.3 Å². The Kier molecular flexibility index (Phi) is 9.33. The topological polar surface area (TPSA) is 60.4 Å². The first-order valence-electron chi connectivity index (χ1n) is 10.1. The predicted octanol–water partition coefficient (Wildman–Crippen LogP) is 4.96. The number of rotatable bonds is 11. The number of Topliss-reactive ketones (excluding diaryl/α,β-unsaturated/α-hetero) is 1. The van der Waals surface area contributed by atoms with Crippen molar-refractivity contribution in [3.05, 3.63) is 29.8 Å². The van der Waals surface area contributed by atoms with E-state index in [-0.39, 0.29) is 16.4 Å². The van der Waals surface area contributed by atoms with Gasteiger partial charge in [0.15, 0.2) is 17.0 Å². The molecule has 27 heavy (non-hydrogen) atoms. The lowest BCUT2D eigenvalue weighted by Crippen LogP contribution is -2.29. The molecule has 1 aromatic rings. The second-order valence-electron chi connectivity index (χ2n) is 7.59. The average Bonchev–Trinajstić information content (AvgIpc) is 2.62. The number of hydrogen-bond donors (Lipinski definition) is 0. The first-order valence-corrected chi connectivity index (χ1v) is 13.0. The molecule has 0 aliphatic heterocycles. The van der Waals surface area contributed by atoms with Gasteiger partial charge in [-0.2, -0.15) is 8.42 Å². The molecule has 0 radical (unpaired) electrons. The smallest absolute Gasteiger partial charge is 0.294 e. The summed E-state index contributed by atoms with van der Waals surface area (Å²) in [7, 11) is -3.84. The number of hydrogen-bond acceptors (Lipinski definition) is 4. The molecule has 2 rings (SSSR count). The van der Waals surface area contributed by atoms with Gasteiger partial charge in [-0.05, 0) is 41.9 Å². The molecule has 1 aliphatic carbocycles. The summed E-state index contributed by atoms with van der Waals surface area (Å²) in [6.07, 6.45) is 9.36. The monoisotopic (exact) mass is 413 g/mol. The molecule has 0 N–H and O–H groups in total. The van der Waals surface area contributed by atoms with Crippen LogP contribution in [0.3, 0.4) is 0 Å². The lowest BCUT2D eigenvalue weighted by atomic mass is 9.91. The van der Waals surface area contributed by atoms with Gasteiger partial charge in [-0.3, -0.25) is 4.79 Å². The molecular weight excluding hydrogens is 380 g/mol. The zero-order chi connectivity index (χ0) is 19.7. The van der Waals surface area contributed by atoms with Gasteiger partial charge in [0, 0.05) is 12.3 Å². The summed E-state index contributed by atoms with van der Waals surface area (Å²) in [4.78, 5) is 12.5. The van der Waals surface area contributed by atoms with Crippen molar-refractivity contribution in [2.45, 2.75) is 76.5 Å². The van der Waals surface area contributed by atoms with Crippen LogP contribution < -0.4 is 0 Å². The van der Waals surface area contributed by atoms with Crippen LogP contribution in [0.5, 0.6) is 0 Å². The van der Waals surface area contributed by atoms with E-state index >= 15 is 0 Å². The minimum atomic E-state index is -3.84. The van der Waals surface area contributed by atoms with E-state index in [1.165, 1.54) is 19.3 Å². The Morgan fingerprint density at radius 2 is 1.78 bits per heavy atom. The molecule has 6 heteroatoms. The van der Waals surface area contributed by atoms with Gasteiger partial charge < -0.3 is 0 Å². The van der Waals surface area contributed by atoms with E-state index in [9.17, 15) is 13.2 Å². The molecule has 4 nitrogen and oxygen atoms in total. The third-order valence-corrected chi connectivity index (χ3v) is 8.85. The second kappa shape index (κ2) is 11.2. The summed E-state index contributed by atoms with van der Waals surface area (Å²) >= 11 is -0.870. The highest BCUT2D eigenvalue weighted by Crippen LogP contribution is 2.27.